The fourth-order valence-electron chi connectivity index (χ4n) is 0.504. The van der Waals surface area contributed by atoms with Crippen LogP contribution in [0.4, 0.5) is 0 Å². The molecule has 0 aromatic carbocycles. The molecule has 58 valence electrons. The lowest BCUT2D eigenvalue weighted by Crippen LogP contribution is -2.34. The summed E-state index contributed by atoms with van der Waals surface area (Å²) >= 11 is 0. The van der Waals surface area contributed by atoms with Crippen molar-refractivity contribution >= 4 is 5.91 Å². The van der Waals surface area contributed by atoms with E-state index in [4.69, 9.17) is 5.21 Å². The van der Waals surface area contributed by atoms with E-state index in [9.17, 15) is 4.79 Å². The molecule has 0 aromatic heterocycles. The van der Waals surface area contributed by atoms with Gasteiger partial charge in [-0.15, -0.1) is 6.58 Å². The highest BCUT2D eigenvalue weighted by atomic mass is 16.5. The second-order valence-electron chi connectivity index (χ2n) is 2.75. The van der Waals surface area contributed by atoms with E-state index in [1.165, 1.54) is 13.1 Å². The van der Waals surface area contributed by atoms with Crippen molar-refractivity contribution in [2.24, 2.45) is 5.41 Å². The number of hydroxylamine groups is 2. The lowest BCUT2D eigenvalue weighted by molar-refractivity contribution is -0.166. The molecule has 0 spiro atoms. The Bertz CT molecular complexity index is 150. The molecule has 0 aromatic rings. The van der Waals surface area contributed by atoms with Crippen LogP contribution >= 0.6 is 0 Å². The predicted molar refractivity (Wildman–Crippen MR) is 38.5 cm³/mol. The maximum atomic E-state index is 11.0. The van der Waals surface area contributed by atoms with Gasteiger partial charge in [-0.2, -0.15) is 0 Å². The molecular formula is C7H13NO2. The topological polar surface area (TPSA) is 40.5 Å². The standard InChI is InChI=1S/C7H13NO2/c1-5-7(2,3)6(9)8(4)10/h5,10H,1H2,2-4H3. The summed E-state index contributed by atoms with van der Waals surface area (Å²) in [5, 5.41) is 9.29. The molecule has 0 aliphatic rings. The van der Waals surface area contributed by atoms with Gasteiger partial charge in [0.1, 0.15) is 0 Å². The molecule has 0 aliphatic heterocycles. The molecule has 0 saturated carbocycles. The van der Waals surface area contributed by atoms with Gasteiger partial charge in [-0.25, -0.2) is 5.06 Å². The highest BCUT2D eigenvalue weighted by molar-refractivity contribution is 5.82. The largest absolute Gasteiger partial charge is 0.286 e. The molecule has 0 aliphatic carbocycles. The average Bonchev–Trinajstić information content (AvgIpc) is 1.86. The van der Waals surface area contributed by atoms with Crippen LogP contribution in [0.3, 0.4) is 0 Å². The fraction of sp³-hybridized carbons (Fsp3) is 0.571. The van der Waals surface area contributed by atoms with Crippen LogP contribution < -0.4 is 0 Å². The monoisotopic (exact) mass is 143 g/mol. The maximum absolute atomic E-state index is 11.0. The van der Waals surface area contributed by atoms with Gasteiger partial charge < -0.3 is 0 Å². The zero-order valence-electron chi connectivity index (χ0n) is 6.59. The van der Waals surface area contributed by atoms with Crippen LogP contribution in [0.15, 0.2) is 12.7 Å². The summed E-state index contributed by atoms with van der Waals surface area (Å²) < 4.78 is 0. The average molecular weight is 143 g/mol. The number of amides is 1. The van der Waals surface area contributed by atoms with E-state index in [1.807, 2.05) is 0 Å². The van der Waals surface area contributed by atoms with E-state index >= 15 is 0 Å². The van der Waals surface area contributed by atoms with Crippen molar-refractivity contribution in [2.45, 2.75) is 13.8 Å². The highest BCUT2D eigenvalue weighted by Gasteiger charge is 2.25. The summed E-state index contributed by atoms with van der Waals surface area (Å²) in [4.78, 5) is 11.0. The zero-order valence-corrected chi connectivity index (χ0v) is 6.59. The predicted octanol–water partition coefficient (Wildman–Crippen LogP) is 1.05. The Morgan fingerprint density at radius 3 is 2.20 bits per heavy atom. The second kappa shape index (κ2) is 2.84. The summed E-state index contributed by atoms with van der Waals surface area (Å²) in [7, 11) is 1.30. The smallest absolute Gasteiger partial charge is 0.255 e. The molecule has 1 amide bonds. The Hall–Kier alpha value is -0.830. The van der Waals surface area contributed by atoms with Crippen molar-refractivity contribution in [1.29, 1.82) is 0 Å². The van der Waals surface area contributed by atoms with Gasteiger partial charge in [-0.05, 0) is 13.8 Å². The lowest BCUT2D eigenvalue weighted by Gasteiger charge is -2.21. The van der Waals surface area contributed by atoms with Crippen LogP contribution in [0, 0.1) is 5.41 Å². The third-order valence-corrected chi connectivity index (χ3v) is 1.36. The first kappa shape index (κ1) is 9.17. The molecule has 3 nitrogen and oxygen atoms in total. The second-order valence-corrected chi connectivity index (χ2v) is 2.75. The normalized spacial score (nSPS) is 10.8. The van der Waals surface area contributed by atoms with E-state index in [-0.39, 0.29) is 5.91 Å². The number of rotatable bonds is 2. The Kier molecular flexibility index (Phi) is 2.60. The molecule has 0 radical (unpaired) electrons. The van der Waals surface area contributed by atoms with Crippen LogP contribution in [0.5, 0.6) is 0 Å². The van der Waals surface area contributed by atoms with Gasteiger partial charge in [-0.1, -0.05) is 6.08 Å². The van der Waals surface area contributed by atoms with Gasteiger partial charge in [0.25, 0.3) is 5.91 Å². The van der Waals surface area contributed by atoms with Crippen molar-refractivity contribution in [2.75, 3.05) is 7.05 Å². The molecule has 10 heavy (non-hydrogen) atoms. The number of carbonyl (C=O) groups is 1. The van der Waals surface area contributed by atoms with Gasteiger partial charge in [0.15, 0.2) is 0 Å². The number of carbonyl (C=O) groups excluding carboxylic acids is 1. The van der Waals surface area contributed by atoms with E-state index in [0.717, 1.165) is 0 Å². The van der Waals surface area contributed by atoms with Crippen molar-refractivity contribution in [3.05, 3.63) is 12.7 Å². The molecule has 0 rings (SSSR count). The minimum atomic E-state index is -0.677. The minimum absolute atomic E-state index is 0.359. The third kappa shape index (κ3) is 1.84. The minimum Gasteiger partial charge on any atom is -0.286 e. The van der Waals surface area contributed by atoms with Crippen molar-refractivity contribution < 1.29 is 10.0 Å². The van der Waals surface area contributed by atoms with Gasteiger partial charge in [-0.3, -0.25) is 10.0 Å². The molecule has 3 heteroatoms. The molecule has 0 bridgehead atoms. The number of nitrogens with zero attached hydrogens (tertiary/aromatic N) is 1. The van der Waals surface area contributed by atoms with Gasteiger partial charge in [0.05, 0.1) is 5.41 Å². The Morgan fingerprint density at radius 1 is 1.70 bits per heavy atom. The van der Waals surface area contributed by atoms with Gasteiger partial charge in [0, 0.05) is 7.05 Å². The molecule has 0 atom stereocenters. The Morgan fingerprint density at radius 2 is 2.10 bits per heavy atom. The number of hydrogen-bond acceptors (Lipinski definition) is 2. The third-order valence-electron chi connectivity index (χ3n) is 1.36. The summed E-state index contributed by atoms with van der Waals surface area (Å²) in [5.74, 6) is -0.359. The highest BCUT2D eigenvalue weighted by Crippen LogP contribution is 2.17. The van der Waals surface area contributed by atoms with Crippen LogP contribution in [0.1, 0.15) is 13.8 Å². The lowest BCUT2D eigenvalue weighted by atomic mass is 9.93. The van der Waals surface area contributed by atoms with Crippen molar-refractivity contribution in [3.8, 4) is 0 Å². The number of hydrogen-bond donors (Lipinski definition) is 1. The molecule has 0 fully saturated rings. The van der Waals surface area contributed by atoms with Crippen LogP contribution in [-0.4, -0.2) is 23.2 Å². The van der Waals surface area contributed by atoms with Crippen LogP contribution in [0.25, 0.3) is 0 Å². The van der Waals surface area contributed by atoms with Crippen LogP contribution in [0.2, 0.25) is 0 Å². The van der Waals surface area contributed by atoms with Crippen molar-refractivity contribution in [1.82, 2.24) is 5.06 Å². The summed E-state index contributed by atoms with van der Waals surface area (Å²) in [6, 6.07) is 0. The first-order chi connectivity index (χ1) is 4.41. The van der Waals surface area contributed by atoms with E-state index in [0.29, 0.717) is 5.06 Å². The Balaban J connectivity index is 4.33. The summed E-state index contributed by atoms with van der Waals surface area (Å²) in [6.07, 6.45) is 1.50. The van der Waals surface area contributed by atoms with E-state index in [2.05, 4.69) is 6.58 Å². The van der Waals surface area contributed by atoms with Gasteiger partial charge >= 0.3 is 0 Å². The van der Waals surface area contributed by atoms with Crippen LogP contribution in [-0.2, 0) is 4.79 Å². The van der Waals surface area contributed by atoms with E-state index < -0.39 is 5.41 Å². The van der Waals surface area contributed by atoms with E-state index in [1.54, 1.807) is 13.8 Å². The molecular weight excluding hydrogens is 130 g/mol. The maximum Gasteiger partial charge on any atom is 0.255 e. The first-order valence-corrected chi connectivity index (χ1v) is 3.02. The molecule has 0 heterocycles. The first-order valence-electron chi connectivity index (χ1n) is 3.02. The quantitative estimate of drug-likeness (QED) is 0.356. The molecule has 0 saturated heterocycles. The summed E-state index contributed by atoms with van der Waals surface area (Å²) in [5.41, 5.74) is -0.677. The fourth-order valence-corrected chi connectivity index (χ4v) is 0.504. The van der Waals surface area contributed by atoms with Gasteiger partial charge in [0.2, 0.25) is 0 Å². The van der Waals surface area contributed by atoms with Crippen molar-refractivity contribution in [3.63, 3.8) is 0 Å². The SMILES string of the molecule is C=CC(C)(C)C(=O)N(C)O. The summed E-state index contributed by atoms with van der Waals surface area (Å²) in [6.45, 7) is 6.86. The zero-order chi connectivity index (χ0) is 8.36. The Labute approximate surface area is 60.9 Å². The molecule has 0 unspecified atom stereocenters. The molecule has 1 N–H and O–H groups in total.